The molecule has 1 aliphatic heterocycles. The lowest BCUT2D eigenvalue weighted by molar-refractivity contribution is -0.0449. The van der Waals surface area contributed by atoms with Crippen LogP contribution in [0.25, 0.3) is 0 Å². The second-order valence-corrected chi connectivity index (χ2v) is 5.86. The van der Waals surface area contributed by atoms with Crippen molar-refractivity contribution in [2.45, 2.75) is 25.6 Å². The van der Waals surface area contributed by atoms with E-state index in [0.717, 1.165) is 19.6 Å². The summed E-state index contributed by atoms with van der Waals surface area (Å²) < 4.78 is 5.84. The first kappa shape index (κ1) is 15.7. The van der Waals surface area contributed by atoms with E-state index in [0.29, 0.717) is 12.3 Å². The lowest BCUT2D eigenvalue weighted by atomic mass is 10.1. The molecular weight excluding hydrogens is 292 g/mol. The maximum atomic E-state index is 12.1. The molecule has 1 aliphatic rings. The molecule has 1 saturated heterocycles. The third-order valence-corrected chi connectivity index (χ3v) is 4.09. The van der Waals surface area contributed by atoms with Crippen LogP contribution in [0.5, 0.6) is 0 Å². The Labute approximate surface area is 135 Å². The molecule has 122 valence electrons. The van der Waals surface area contributed by atoms with E-state index in [1.807, 2.05) is 13.0 Å². The van der Waals surface area contributed by atoms with Gasteiger partial charge < -0.3 is 10.1 Å². The molecule has 0 aliphatic carbocycles. The second-order valence-electron chi connectivity index (χ2n) is 5.86. The van der Waals surface area contributed by atoms with Crippen molar-refractivity contribution in [3.63, 3.8) is 0 Å². The summed E-state index contributed by atoms with van der Waals surface area (Å²) in [6.45, 7) is 5.28. The van der Waals surface area contributed by atoms with Crippen LogP contribution in [0.15, 0.2) is 42.6 Å². The molecule has 0 saturated carbocycles. The zero-order chi connectivity index (χ0) is 16.1. The van der Waals surface area contributed by atoms with Gasteiger partial charge in [-0.2, -0.15) is 5.10 Å². The summed E-state index contributed by atoms with van der Waals surface area (Å²) in [4.78, 5) is 14.4. The summed E-state index contributed by atoms with van der Waals surface area (Å²) >= 11 is 0. The van der Waals surface area contributed by atoms with Gasteiger partial charge in [0.05, 0.1) is 18.8 Å². The highest BCUT2D eigenvalue weighted by atomic mass is 16.5. The minimum Gasteiger partial charge on any atom is -0.373 e. The Kier molecular flexibility index (Phi) is 5.05. The Morgan fingerprint density at radius 1 is 1.43 bits per heavy atom. The fourth-order valence-electron chi connectivity index (χ4n) is 2.78. The van der Waals surface area contributed by atoms with Gasteiger partial charge in [-0.15, -0.1) is 0 Å². The molecule has 2 aromatic rings. The molecule has 2 N–H and O–H groups in total. The molecule has 6 heteroatoms. The highest BCUT2D eigenvalue weighted by molar-refractivity contribution is 5.92. The average Bonchev–Trinajstić information content (AvgIpc) is 3.10. The van der Waals surface area contributed by atoms with E-state index in [1.165, 1.54) is 5.56 Å². The van der Waals surface area contributed by atoms with Crippen LogP contribution < -0.4 is 5.32 Å². The number of hydrogen-bond acceptors (Lipinski definition) is 4. The van der Waals surface area contributed by atoms with Crippen molar-refractivity contribution in [1.82, 2.24) is 20.4 Å². The van der Waals surface area contributed by atoms with Gasteiger partial charge in [-0.3, -0.25) is 14.8 Å². The number of morpholine rings is 1. The fourth-order valence-corrected chi connectivity index (χ4v) is 2.78. The number of nitrogens with zero attached hydrogens (tertiary/aromatic N) is 2. The molecule has 1 aromatic heterocycles. The lowest BCUT2D eigenvalue weighted by Crippen LogP contribution is -2.52. The van der Waals surface area contributed by atoms with Crippen LogP contribution in [0.1, 0.15) is 23.0 Å². The van der Waals surface area contributed by atoms with Crippen molar-refractivity contribution < 1.29 is 9.53 Å². The maximum absolute atomic E-state index is 12.1. The molecule has 6 nitrogen and oxygen atoms in total. The van der Waals surface area contributed by atoms with Crippen molar-refractivity contribution in [1.29, 1.82) is 0 Å². The first-order valence-electron chi connectivity index (χ1n) is 7.90. The minimum absolute atomic E-state index is 0.0145. The van der Waals surface area contributed by atoms with Crippen LogP contribution >= 0.6 is 0 Å². The Morgan fingerprint density at radius 3 is 3.00 bits per heavy atom. The number of amides is 1. The van der Waals surface area contributed by atoms with Gasteiger partial charge in [0.1, 0.15) is 5.69 Å². The molecule has 2 heterocycles. The predicted molar refractivity (Wildman–Crippen MR) is 87.0 cm³/mol. The zero-order valence-corrected chi connectivity index (χ0v) is 13.2. The van der Waals surface area contributed by atoms with Crippen molar-refractivity contribution >= 4 is 5.91 Å². The molecule has 0 bridgehead atoms. The van der Waals surface area contributed by atoms with Gasteiger partial charge in [0.2, 0.25) is 0 Å². The molecule has 1 aromatic carbocycles. The summed E-state index contributed by atoms with van der Waals surface area (Å²) in [6.07, 6.45) is 1.55. The van der Waals surface area contributed by atoms with E-state index in [2.05, 4.69) is 44.7 Å². The minimum atomic E-state index is -0.154. The number of ether oxygens (including phenoxy) is 1. The number of carbonyl (C=O) groups is 1. The quantitative estimate of drug-likeness (QED) is 0.876. The van der Waals surface area contributed by atoms with Crippen LogP contribution in [0, 0.1) is 0 Å². The number of hydrogen-bond donors (Lipinski definition) is 2. The van der Waals surface area contributed by atoms with Crippen molar-refractivity contribution in [3.8, 4) is 0 Å². The van der Waals surface area contributed by atoms with Gasteiger partial charge in [-0.05, 0) is 18.6 Å². The third kappa shape index (κ3) is 4.18. The summed E-state index contributed by atoms with van der Waals surface area (Å²) in [7, 11) is 0. The Hall–Kier alpha value is -2.18. The average molecular weight is 314 g/mol. The largest absolute Gasteiger partial charge is 0.373 e. The molecule has 1 fully saturated rings. The monoisotopic (exact) mass is 314 g/mol. The van der Waals surface area contributed by atoms with Gasteiger partial charge >= 0.3 is 0 Å². The molecule has 0 radical (unpaired) electrons. The highest BCUT2D eigenvalue weighted by Gasteiger charge is 2.26. The molecule has 23 heavy (non-hydrogen) atoms. The van der Waals surface area contributed by atoms with Crippen LogP contribution in [-0.4, -0.2) is 52.8 Å². The highest BCUT2D eigenvalue weighted by Crippen LogP contribution is 2.13. The van der Waals surface area contributed by atoms with E-state index < -0.39 is 0 Å². The standard InChI is InChI=1S/C17H22N4O2/c1-13(19-17(22)15-7-8-18-20-15)16-12-21(9-10-23-16)11-14-5-3-2-4-6-14/h2-8,13,16H,9-12H2,1H3,(H,18,20)(H,19,22)/t13-,16-/m1/s1. The zero-order valence-electron chi connectivity index (χ0n) is 13.2. The van der Waals surface area contributed by atoms with E-state index in [1.54, 1.807) is 12.3 Å². The fraction of sp³-hybridized carbons (Fsp3) is 0.412. The Bertz CT molecular complexity index is 615. The summed E-state index contributed by atoms with van der Waals surface area (Å²) in [5.74, 6) is -0.154. The molecule has 1 amide bonds. The molecule has 3 rings (SSSR count). The normalized spacial score (nSPS) is 20.1. The summed E-state index contributed by atoms with van der Waals surface area (Å²) in [6, 6.07) is 12.0. The van der Waals surface area contributed by atoms with E-state index in [9.17, 15) is 4.79 Å². The van der Waals surface area contributed by atoms with Gasteiger partial charge in [-0.25, -0.2) is 0 Å². The number of H-pyrrole nitrogens is 1. The first-order valence-corrected chi connectivity index (χ1v) is 7.90. The number of carbonyl (C=O) groups excluding carboxylic acids is 1. The molecular formula is C17H22N4O2. The number of rotatable bonds is 5. The number of aromatic nitrogens is 2. The molecule has 2 atom stereocenters. The van der Waals surface area contributed by atoms with Gasteiger partial charge in [-0.1, -0.05) is 30.3 Å². The maximum Gasteiger partial charge on any atom is 0.269 e. The van der Waals surface area contributed by atoms with Gasteiger partial charge in [0, 0.05) is 25.8 Å². The second kappa shape index (κ2) is 7.39. The van der Waals surface area contributed by atoms with Crippen LogP contribution in [-0.2, 0) is 11.3 Å². The van der Waals surface area contributed by atoms with E-state index in [-0.39, 0.29) is 18.1 Å². The van der Waals surface area contributed by atoms with Crippen molar-refractivity contribution in [2.24, 2.45) is 0 Å². The summed E-state index contributed by atoms with van der Waals surface area (Å²) in [5.41, 5.74) is 1.76. The van der Waals surface area contributed by atoms with Crippen LogP contribution in [0.2, 0.25) is 0 Å². The lowest BCUT2D eigenvalue weighted by Gasteiger charge is -2.36. The van der Waals surface area contributed by atoms with Crippen molar-refractivity contribution in [2.75, 3.05) is 19.7 Å². The number of aromatic amines is 1. The van der Waals surface area contributed by atoms with Crippen LogP contribution in [0.3, 0.4) is 0 Å². The van der Waals surface area contributed by atoms with E-state index >= 15 is 0 Å². The van der Waals surface area contributed by atoms with Crippen molar-refractivity contribution in [3.05, 3.63) is 53.9 Å². The topological polar surface area (TPSA) is 70.2 Å². The Morgan fingerprint density at radius 2 is 2.26 bits per heavy atom. The smallest absolute Gasteiger partial charge is 0.269 e. The third-order valence-electron chi connectivity index (χ3n) is 4.09. The number of nitrogens with one attached hydrogen (secondary N) is 2. The molecule has 0 spiro atoms. The first-order chi connectivity index (χ1) is 11.2. The van der Waals surface area contributed by atoms with Gasteiger partial charge in [0.25, 0.3) is 5.91 Å². The number of benzene rings is 1. The van der Waals surface area contributed by atoms with Crippen LogP contribution in [0.4, 0.5) is 0 Å². The van der Waals surface area contributed by atoms with Gasteiger partial charge in [0.15, 0.2) is 0 Å². The van der Waals surface area contributed by atoms with E-state index in [4.69, 9.17) is 4.74 Å². The SMILES string of the molecule is C[C@@H](NC(=O)c1ccn[nH]1)[C@H]1CN(Cc2ccccc2)CCO1. The molecule has 0 unspecified atom stereocenters. The Balaban J connectivity index is 1.54. The predicted octanol–water partition coefficient (Wildman–Crippen LogP) is 1.43. The summed E-state index contributed by atoms with van der Waals surface area (Å²) in [5, 5.41) is 9.44.